The van der Waals surface area contributed by atoms with Gasteiger partial charge in [-0.15, -0.1) is 0 Å². The maximum atomic E-state index is 10.4. The van der Waals surface area contributed by atoms with Crippen molar-refractivity contribution in [1.82, 2.24) is 0 Å². The third-order valence-electron chi connectivity index (χ3n) is 3.69. The predicted octanol–water partition coefficient (Wildman–Crippen LogP) is 5.45. The van der Waals surface area contributed by atoms with Crippen molar-refractivity contribution >= 4 is 18.1 Å². The highest BCUT2D eigenvalue weighted by Crippen LogP contribution is 2.13. The van der Waals surface area contributed by atoms with Crippen LogP contribution in [0, 0.1) is 0 Å². The van der Waals surface area contributed by atoms with Gasteiger partial charge in [-0.25, -0.2) is 0 Å². The van der Waals surface area contributed by atoms with Crippen LogP contribution in [-0.2, 0) is 4.79 Å². The monoisotopic (exact) mass is 346 g/mol. The van der Waals surface area contributed by atoms with E-state index in [1.165, 1.54) is 19.3 Å². The van der Waals surface area contributed by atoms with E-state index in [0.717, 1.165) is 12.2 Å². The molecule has 138 valence electrons. The van der Waals surface area contributed by atoms with E-state index in [9.17, 15) is 9.90 Å². The summed E-state index contributed by atoms with van der Waals surface area (Å²) in [6.07, 6.45) is 17.8. The van der Waals surface area contributed by atoms with Crippen molar-refractivity contribution in [1.29, 1.82) is 0 Å². The fourth-order valence-corrected chi connectivity index (χ4v) is 2.27. The van der Waals surface area contributed by atoms with E-state index in [4.69, 9.17) is 9.52 Å². The van der Waals surface area contributed by atoms with E-state index in [-0.39, 0.29) is 6.42 Å². The van der Waals surface area contributed by atoms with Gasteiger partial charge in [-0.2, -0.15) is 0 Å². The van der Waals surface area contributed by atoms with Crippen LogP contribution >= 0.6 is 0 Å². The molecule has 0 amide bonds. The van der Waals surface area contributed by atoms with Crippen LogP contribution in [-0.4, -0.2) is 22.3 Å². The van der Waals surface area contributed by atoms with Crippen molar-refractivity contribution in [3.63, 3.8) is 0 Å². The molecule has 0 saturated carbocycles. The van der Waals surface area contributed by atoms with E-state index < -0.39 is 12.1 Å². The minimum atomic E-state index is -0.770. The number of carbonyl (C=O) groups is 1. The largest absolute Gasteiger partial charge is 0.481 e. The molecule has 0 aliphatic carbocycles. The Morgan fingerprint density at radius 1 is 1.08 bits per heavy atom. The van der Waals surface area contributed by atoms with Crippen LogP contribution in [0.1, 0.15) is 69.8 Å². The minimum absolute atomic E-state index is 0.182. The number of hydrogen-bond donors (Lipinski definition) is 2. The van der Waals surface area contributed by atoms with Crippen molar-refractivity contribution in [3.8, 4) is 0 Å². The summed E-state index contributed by atoms with van der Waals surface area (Å²) >= 11 is 0. The van der Waals surface area contributed by atoms with E-state index >= 15 is 0 Å². The van der Waals surface area contributed by atoms with Gasteiger partial charge in [-0.05, 0) is 56.4 Å². The van der Waals surface area contributed by atoms with E-state index in [1.54, 1.807) is 12.2 Å². The number of aliphatic hydroxyl groups excluding tert-OH is 1. The minimum Gasteiger partial charge on any atom is -0.481 e. The quantitative estimate of drug-likeness (QED) is 0.368. The van der Waals surface area contributed by atoms with Gasteiger partial charge in [-0.3, -0.25) is 4.79 Å². The van der Waals surface area contributed by atoms with Gasteiger partial charge in [0.05, 0.1) is 6.10 Å². The SMILES string of the molecule is CCCCC/C=C\CC(O)/C=C\c1ccc(/C=C/CCCC(=O)O)o1. The number of unbranched alkanes of at least 4 members (excludes halogenated alkanes) is 4. The van der Waals surface area contributed by atoms with Crippen molar-refractivity contribution in [2.75, 3.05) is 0 Å². The predicted molar refractivity (Wildman–Crippen MR) is 102 cm³/mol. The summed E-state index contributed by atoms with van der Waals surface area (Å²) in [7, 11) is 0. The van der Waals surface area contributed by atoms with Crippen LogP contribution in [0.5, 0.6) is 0 Å². The molecule has 4 nitrogen and oxygen atoms in total. The second kappa shape index (κ2) is 13.2. The number of rotatable bonds is 13. The number of allylic oxidation sites excluding steroid dienone is 2. The maximum absolute atomic E-state index is 10.4. The van der Waals surface area contributed by atoms with Crippen LogP contribution in [0.3, 0.4) is 0 Å². The standard InChI is InChI=1S/C21H30O4/c1-2-3-4-5-6-8-11-18(22)14-15-20-17-16-19(25-20)12-9-7-10-13-21(23)24/h6,8-9,12,14-18,22H,2-5,7,10-11,13H2,1H3,(H,23,24)/b8-6-,12-9+,15-14-. The van der Waals surface area contributed by atoms with Gasteiger partial charge in [-0.1, -0.05) is 44.1 Å². The van der Waals surface area contributed by atoms with Gasteiger partial charge >= 0.3 is 5.97 Å². The zero-order valence-corrected chi connectivity index (χ0v) is 15.1. The van der Waals surface area contributed by atoms with Gasteiger partial charge < -0.3 is 14.6 Å². The van der Waals surface area contributed by atoms with Crippen LogP contribution in [0.4, 0.5) is 0 Å². The summed E-state index contributed by atoms with van der Waals surface area (Å²) in [5.74, 6) is 0.643. The molecule has 1 atom stereocenters. The molecular weight excluding hydrogens is 316 g/mol. The molecule has 0 radical (unpaired) electrons. The lowest BCUT2D eigenvalue weighted by Crippen LogP contribution is -1.98. The fraction of sp³-hybridized carbons (Fsp3) is 0.476. The zero-order chi connectivity index (χ0) is 18.3. The highest BCUT2D eigenvalue weighted by atomic mass is 16.4. The van der Waals surface area contributed by atoms with Crippen molar-refractivity contribution < 1.29 is 19.4 Å². The second-order valence-corrected chi connectivity index (χ2v) is 6.06. The number of furan rings is 1. The Morgan fingerprint density at radius 3 is 2.52 bits per heavy atom. The Hall–Kier alpha value is -2.07. The van der Waals surface area contributed by atoms with Crippen molar-refractivity contribution in [3.05, 3.63) is 48.0 Å². The van der Waals surface area contributed by atoms with Crippen LogP contribution in [0.25, 0.3) is 12.2 Å². The summed E-state index contributed by atoms with van der Waals surface area (Å²) in [5, 5.41) is 18.5. The Bertz CT molecular complexity index is 566. The molecule has 2 N–H and O–H groups in total. The Balaban J connectivity index is 2.29. The molecule has 0 aromatic carbocycles. The van der Waals surface area contributed by atoms with Crippen molar-refractivity contribution in [2.45, 2.75) is 64.4 Å². The van der Waals surface area contributed by atoms with Crippen molar-refractivity contribution in [2.24, 2.45) is 0 Å². The molecule has 0 spiro atoms. The Morgan fingerprint density at radius 2 is 1.80 bits per heavy atom. The van der Waals surface area contributed by atoms with Gasteiger partial charge in [0.25, 0.3) is 0 Å². The van der Waals surface area contributed by atoms with E-state index in [2.05, 4.69) is 13.0 Å². The van der Waals surface area contributed by atoms with Crippen LogP contribution < -0.4 is 0 Å². The summed E-state index contributed by atoms with van der Waals surface area (Å²) in [6.45, 7) is 2.19. The lowest BCUT2D eigenvalue weighted by atomic mass is 10.1. The van der Waals surface area contributed by atoms with Gasteiger partial charge in [0.1, 0.15) is 11.5 Å². The molecule has 1 aromatic heterocycles. The normalized spacial score (nSPS) is 13.4. The molecule has 0 aliphatic rings. The molecule has 1 rings (SSSR count). The molecule has 0 aliphatic heterocycles. The fourth-order valence-electron chi connectivity index (χ4n) is 2.27. The summed E-state index contributed by atoms with van der Waals surface area (Å²) in [4.78, 5) is 10.4. The maximum Gasteiger partial charge on any atom is 0.303 e. The first-order valence-corrected chi connectivity index (χ1v) is 9.11. The number of hydrogen-bond acceptors (Lipinski definition) is 3. The first-order valence-electron chi connectivity index (χ1n) is 9.11. The summed E-state index contributed by atoms with van der Waals surface area (Å²) < 4.78 is 5.61. The Kier molecular flexibility index (Phi) is 11.1. The first kappa shape index (κ1) is 21.0. The molecule has 0 fully saturated rings. The zero-order valence-electron chi connectivity index (χ0n) is 15.1. The lowest BCUT2D eigenvalue weighted by molar-refractivity contribution is -0.137. The van der Waals surface area contributed by atoms with Crippen LogP contribution in [0.2, 0.25) is 0 Å². The third-order valence-corrected chi connectivity index (χ3v) is 3.69. The molecule has 0 saturated heterocycles. The van der Waals surface area contributed by atoms with E-state index in [1.807, 2.05) is 30.4 Å². The molecular formula is C21H30O4. The first-order chi connectivity index (χ1) is 12.1. The average Bonchev–Trinajstić information content (AvgIpc) is 3.03. The van der Waals surface area contributed by atoms with Gasteiger partial charge in [0.2, 0.25) is 0 Å². The smallest absolute Gasteiger partial charge is 0.303 e. The number of carboxylic acid groups (broad SMARTS) is 1. The lowest BCUT2D eigenvalue weighted by Gasteiger charge is -2.00. The average molecular weight is 346 g/mol. The van der Waals surface area contributed by atoms with Gasteiger partial charge in [0.15, 0.2) is 0 Å². The molecule has 25 heavy (non-hydrogen) atoms. The van der Waals surface area contributed by atoms with E-state index in [0.29, 0.717) is 25.0 Å². The molecule has 1 aromatic rings. The highest BCUT2D eigenvalue weighted by molar-refractivity contribution is 5.66. The highest BCUT2D eigenvalue weighted by Gasteiger charge is 1.99. The summed E-state index contributed by atoms with van der Waals surface area (Å²) in [5.41, 5.74) is 0. The second-order valence-electron chi connectivity index (χ2n) is 6.06. The number of aliphatic hydroxyl groups is 1. The molecule has 0 bridgehead atoms. The molecule has 4 heteroatoms. The van der Waals surface area contributed by atoms with Crippen LogP contribution in [0.15, 0.2) is 40.9 Å². The number of aliphatic carboxylic acids is 1. The molecule has 1 heterocycles. The summed E-state index contributed by atoms with van der Waals surface area (Å²) in [6, 6.07) is 3.70. The third kappa shape index (κ3) is 11.2. The molecule has 1 unspecified atom stereocenters. The number of carboxylic acids is 1. The topological polar surface area (TPSA) is 70.7 Å². The van der Waals surface area contributed by atoms with Gasteiger partial charge in [0, 0.05) is 6.42 Å². The Labute approximate surface area is 150 Å².